The van der Waals surface area contributed by atoms with Gasteiger partial charge in [-0.25, -0.2) is 4.98 Å². The van der Waals surface area contributed by atoms with Gasteiger partial charge in [0.15, 0.2) is 0 Å². The van der Waals surface area contributed by atoms with E-state index in [2.05, 4.69) is 34.0 Å². The molecule has 36 heavy (non-hydrogen) atoms. The van der Waals surface area contributed by atoms with E-state index in [-0.39, 0.29) is 19.3 Å². The van der Waals surface area contributed by atoms with Gasteiger partial charge in [0.25, 0.3) is 5.91 Å². The lowest BCUT2D eigenvalue weighted by molar-refractivity contribution is -0.140. The molecule has 0 bridgehead atoms. The van der Waals surface area contributed by atoms with E-state index < -0.39 is 0 Å². The lowest BCUT2D eigenvalue weighted by Gasteiger charge is -2.45. The van der Waals surface area contributed by atoms with Crippen molar-refractivity contribution >= 4 is 28.5 Å². The minimum Gasteiger partial charge on any atom is -0.339 e. The Hall–Kier alpha value is -3.66. The molecule has 2 aromatic heterocycles. The third kappa shape index (κ3) is 3.67. The van der Waals surface area contributed by atoms with Crippen LogP contribution in [0.15, 0.2) is 36.7 Å². The fourth-order valence-electron chi connectivity index (χ4n) is 6.78. The Labute approximate surface area is 212 Å². The van der Waals surface area contributed by atoms with Crippen LogP contribution in [-0.2, 0) is 18.3 Å². The first-order valence-corrected chi connectivity index (χ1v) is 13.0. The highest BCUT2D eigenvalue weighted by Crippen LogP contribution is 2.48. The molecule has 2 amide bonds. The summed E-state index contributed by atoms with van der Waals surface area (Å²) in [5.41, 5.74) is 4.93. The van der Waals surface area contributed by atoms with E-state index in [9.17, 15) is 14.9 Å². The molecule has 1 N–H and O–H groups in total. The van der Waals surface area contributed by atoms with Crippen LogP contribution < -0.4 is 5.32 Å². The maximum Gasteiger partial charge on any atom is 0.255 e. The highest BCUT2D eigenvalue weighted by molar-refractivity contribution is 6.06. The molecule has 3 aliphatic rings. The van der Waals surface area contributed by atoms with Crippen LogP contribution in [0.1, 0.15) is 73.4 Å². The summed E-state index contributed by atoms with van der Waals surface area (Å²) in [6, 6.07) is 9.04. The Kier molecular flexibility index (Phi) is 5.55. The number of benzene rings is 1. The molecule has 1 unspecified atom stereocenters. The lowest BCUT2D eigenvalue weighted by atomic mass is 9.70. The Balaban J connectivity index is 0.00000280. The number of carbonyl (C=O) groups excluding carboxylic acids is 2. The van der Waals surface area contributed by atoms with Gasteiger partial charge < -0.3 is 14.8 Å². The average molecular weight is 484 g/mol. The van der Waals surface area contributed by atoms with Crippen LogP contribution in [0.25, 0.3) is 11.0 Å². The monoisotopic (exact) mass is 483 g/mol. The number of aryl methyl sites for hydroxylation is 1. The molecule has 3 aromatic rings. The van der Waals surface area contributed by atoms with Crippen molar-refractivity contribution in [1.82, 2.24) is 14.5 Å². The first kappa shape index (κ1) is 22.8. The molecule has 1 saturated carbocycles. The van der Waals surface area contributed by atoms with Gasteiger partial charge in [0, 0.05) is 44.1 Å². The van der Waals surface area contributed by atoms with E-state index in [4.69, 9.17) is 4.98 Å². The van der Waals surface area contributed by atoms with Crippen molar-refractivity contribution in [3.8, 4) is 6.07 Å². The summed E-state index contributed by atoms with van der Waals surface area (Å²) in [5, 5.41) is 13.4. The largest absolute Gasteiger partial charge is 0.339 e. The zero-order chi connectivity index (χ0) is 25.0. The predicted molar refractivity (Wildman–Crippen MR) is 140 cm³/mol. The molecule has 3 atom stereocenters. The predicted octanol–water partition coefficient (Wildman–Crippen LogP) is 5.01. The first-order chi connectivity index (χ1) is 17.4. The fraction of sp³-hybridized carbons (Fsp3) is 0.448. The van der Waals surface area contributed by atoms with Gasteiger partial charge in [-0.2, -0.15) is 5.26 Å². The molecule has 2 fully saturated rings. The number of nitrogens with zero attached hydrogens (tertiary/aromatic N) is 4. The summed E-state index contributed by atoms with van der Waals surface area (Å²) in [7, 11) is 2.02. The Morgan fingerprint density at radius 1 is 1.25 bits per heavy atom. The van der Waals surface area contributed by atoms with Crippen molar-refractivity contribution in [2.75, 3.05) is 11.9 Å². The third-order valence-corrected chi connectivity index (χ3v) is 8.60. The van der Waals surface area contributed by atoms with Crippen LogP contribution >= 0.6 is 0 Å². The van der Waals surface area contributed by atoms with Crippen LogP contribution in [0, 0.1) is 23.2 Å². The van der Waals surface area contributed by atoms with Gasteiger partial charge in [-0.05, 0) is 73.8 Å². The van der Waals surface area contributed by atoms with E-state index in [1.54, 1.807) is 30.5 Å². The number of rotatable bonds is 3. The zero-order valence-electron chi connectivity index (χ0n) is 20.8. The van der Waals surface area contributed by atoms with E-state index in [1.807, 2.05) is 7.05 Å². The molecule has 1 saturated heterocycles. The van der Waals surface area contributed by atoms with Crippen molar-refractivity contribution in [3.05, 3.63) is 58.9 Å². The standard InChI is InChI=1S/C29H31N5O2.H2/c1-17-10-22-21(15-34(17)29(36)19-7-3-4-8-19)12-23-25(14-31-27-26(23)24(22)16-33(27)2)32-28(35)20-9-5-6-18(11-20)13-30;/h5-6,9,11,14,16-17,19,21-22H,3-4,7-8,10,12,15H2,1-2H3,(H,32,35);1H/t17-,21?,22-;/m0./s1. The Morgan fingerprint density at radius 2 is 2.06 bits per heavy atom. The minimum atomic E-state index is -0.251. The van der Waals surface area contributed by atoms with Crippen LogP contribution in [0.2, 0.25) is 0 Å². The van der Waals surface area contributed by atoms with Crippen LogP contribution in [0.4, 0.5) is 5.69 Å². The van der Waals surface area contributed by atoms with Gasteiger partial charge in [0.2, 0.25) is 5.91 Å². The van der Waals surface area contributed by atoms with Crippen molar-refractivity contribution in [2.45, 2.75) is 57.4 Å². The number of carbonyl (C=O) groups is 2. The normalized spacial score (nSPS) is 23.4. The molecule has 7 nitrogen and oxygen atoms in total. The topological polar surface area (TPSA) is 91.0 Å². The number of aromatic nitrogens is 2. The summed E-state index contributed by atoms with van der Waals surface area (Å²) >= 11 is 0. The molecule has 1 aliphatic heterocycles. The Bertz CT molecular complexity index is 1420. The van der Waals surface area contributed by atoms with E-state index in [1.165, 1.54) is 5.56 Å². The van der Waals surface area contributed by atoms with E-state index in [0.29, 0.717) is 34.6 Å². The van der Waals surface area contributed by atoms with Crippen molar-refractivity contribution in [2.24, 2.45) is 18.9 Å². The number of likely N-dealkylation sites (tertiary alicyclic amines) is 1. The number of amides is 2. The van der Waals surface area contributed by atoms with Gasteiger partial charge >= 0.3 is 0 Å². The number of nitriles is 1. The lowest BCUT2D eigenvalue weighted by Crippen LogP contribution is -2.51. The van der Waals surface area contributed by atoms with Crippen molar-refractivity contribution in [3.63, 3.8) is 0 Å². The van der Waals surface area contributed by atoms with Gasteiger partial charge in [-0.3, -0.25) is 9.59 Å². The van der Waals surface area contributed by atoms with Crippen LogP contribution in [0.5, 0.6) is 0 Å². The fourth-order valence-corrected chi connectivity index (χ4v) is 6.78. The van der Waals surface area contributed by atoms with Crippen molar-refractivity contribution in [1.29, 1.82) is 5.26 Å². The summed E-state index contributed by atoms with van der Waals surface area (Å²) in [6.07, 6.45) is 10.1. The molecule has 0 spiro atoms. The van der Waals surface area contributed by atoms with Crippen molar-refractivity contribution < 1.29 is 11.0 Å². The number of hydrogen-bond donors (Lipinski definition) is 1. The molecular weight excluding hydrogens is 450 g/mol. The highest BCUT2D eigenvalue weighted by atomic mass is 16.2. The summed E-state index contributed by atoms with van der Waals surface area (Å²) in [4.78, 5) is 33.3. The molecule has 3 heterocycles. The smallest absolute Gasteiger partial charge is 0.255 e. The number of pyridine rings is 1. The SMILES string of the molecule is C[C@H]1C[C@@H]2c3cn(C)c4ncc(NC(=O)c5cccc(C#N)c5)c(c34)CC2CN1C(=O)C1CCCC1.[HH]. The van der Waals surface area contributed by atoms with Gasteiger partial charge in [-0.1, -0.05) is 18.9 Å². The molecule has 2 aliphatic carbocycles. The number of fused-ring (bicyclic) bond motifs is 2. The maximum absolute atomic E-state index is 13.4. The molecule has 7 heteroatoms. The second kappa shape index (κ2) is 8.77. The second-order valence-corrected chi connectivity index (χ2v) is 10.8. The molecule has 0 radical (unpaired) electrons. The van der Waals surface area contributed by atoms with E-state index in [0.717, 1.165) is 61.7 Å². The first-order valence-electron chi connectivity index (χ1n) is 13.0. The molecular formula is C29H33N5O2. The summed E-state index contributed by atoms with van der Waals surface area (Å²) < 4.78 is 2.08. The van der Waals surface area contributed by atoms with Gasteiger partial charge in [0.05, 0.1) is 23.5 Å². The number of piperidine rings is 1. The summed E-state index contributed by atoms with van der Waals surface area (Å²) in [5.74, 6) is 0.961. The number of hydrogen-bond acceptors (Lipinski definition) is 4. The van der Waals surface area contributed by atoms with Crippen LogP contribution in [-0.4, -0.2) is 38.9 Å². The summed E-state index contributed by atoms with van der Waals surface area (Å²) in [6.45, 7) is 2.96. The maximum atomic E-state index is 13.4. The molecule has 1 aromatic carbocycles. The van der Waals surface area contributed by atoms with Gasteiger partial charge in [-0.15, -0.1) is 0 Å². The second-order valence-electron chi connectivity index (χ2n) is 10.8. The third-order valence-electron chi connectivity index (χ3n) is 8.60. The highest BCUT2D eigenvalue weighted by Gasteiger charge is 2.43. The molecule has 6 rings (SSSR count). The minimum absolute atomic E-state index is 0. The Morgan fingerprint density at radius 3 is 2.83 bits per heavy atom. The molecule has 186 valence electrons. The zero-order valence-corrected chi connectivity index (χ0v) is 20.8. The van der Waals surface area contributed by atoms with E-state index >= 15 is 0 Å². The average Bonchev–Trinajstić information content (AvgIpc) is 3.54. The number of anilines is 1. The van der Waals surface area contributed by atoms with Gasteiger partial charge in [0.1, 0.15) is 5.65 Å². The van der Waals surface area contributed by atoms with Crippen LogP contribution in [0.3, 0.4) is 0 Å². The quantitative estimate of drug-likeness (QED) is 0.567. The number of nitrogens with one attached hydrogen (secondary N) is 1.